The maximum absolute atomic E-state index is 12.2. The van der Waals surface area contributed by atoms with E-state index in [1.807, 2.05) is 32.0 Å². The van der Waals surface area contributed by atoms with Crippen LogP contribution in [-0.2, 0) is 0 Å². The van der Waals surface area contributed by atoms with Gasteiger partial charge in [0.25, 0.3) is 0 Å². The average molecular weight is 328 g/mol. The summed E-state index contributed by atoms with van der Waals surface area (Å²) in [5, 5.41) is 11.1. The van der Waals surface area contributed by atoms with Gasteiger partial charge in [-0.05, 0) is 55.3 Å². The van der Waals surface area contributed by atoms with Crippen molar-refractivity contribution in [1.82, 2.24) is 10.2 Å². The first-order valence-corrected chi connectivity index (χ1v) is 7.39. The second-order valence-corrected chi connectivity index (χ2v) is 5.56. The minimum atomic E-state index is -0.439. The van der Waals surface area contributed by atoms with Crippen molar-refractivity contribution in [3.05, 3.63) is 64.5 Å². The lowest BCUT2D eigenvalue weighted by Gasteiger charge is -2.08. The topological polar surface area (TPSA) is 68.0 Å². The highest BCUT2D eigenvalue weighted by Gasteiger charge is 2.17. The molecule has 0 bridgehead atoms. The van der Waals surface area contributed by atoms with Crippen molar-refractivity contribution in [2.75, 3.05) is 5.32 Å². The molecule has 1 N–H and O–H groups in total. The van der Waals surface area contributed by atoms with Crippen molar-refractivity contribution < 1.29 is 9.21 Å². The molecule has 23 heavy (non-hydrogen) atoms. The van der Waals surface area contributed by atoms with E-state index in [0.717, 1.165) is 16.8 Å². The second-order valence-electron chi connectivity index (χ2n) is 5.12. The van der Waals surface area contributed by atoms with Gasteiger partial charge in [-0.2, -0.15) is 0 Å². The fraction of sp³-hybridized carbons (Fsp3) is 0.118. The van der Waals surface area contributed by atoms with Crippen LogP contribution >= 0.6 is 11.6 Å². The van der Waals surface area contributed by atoms with Gasteiger partial charge < -0.3 is 9.73 Å². The van der Waals surface area contributed by atoms with Crippen LogP contribution in [0.4, 0.5) is 5.69 Å². The quantitative estimate of drug-likeness (QED) is 0.780. The monoisotopic (exact) mass is 327 g/mol. The number of halogens is 1. The SMILES string of the molecule is Cc1cccc(NC(=O)c2nnc(-c3ccc(Cl)cc3)o2)c1C. The van der Waals surface area contributed by atoms with Gasteiger partial charge in [0, 0.05) is 16.3 Å². The fourth-order valence-corrected chi connectivity index (χ4v) is 2.21. The zero-order valence-electron chi connectivity index (χ0n) is 12.6. The van der Waals surface area contributed by atoms with Crippen LogP contribution in [0.5, 0.6) is 0 Å². The Morgan fingerprint density at radius 3 is 2.57 bits per heavy atom. The molecule has 0 aliphatic carbocycles. The van der Waals surface area contributed by atoms with Gasteiger partial charge in [-0.15, -0.1) is 10.2 Å². The first-order valence-electron chi connectivity index (χ1n) is 7.01. The van der Waals surface area contributed by atoms with Crippen molar-refractivity contribution in [2.24, 2.45) is 0 Å². The molecule has 0 fully saturated rings. The van der Waals surface area contributed by atoms with Crippen molar-refractivity contribution in [3.63, 3.8) is 0 Å². The van der Waals surface area contributed by atoms with Crippen LogP contribution in [0.15, 0.2) is 46.9 Å². The number of rotatable bonds is 3. The third-order valence-corrected chi connectivity index (χ3v) is 3.82. The number of aryl methyl sites for hydroxylation is 1. The molecular formula is C17H14ClN3O2. The third kappa shape index (κ3) is 3.24. The number of carbonyl (C=O) groups excluding carboxylic acids is 1. The van der Waals surface area contributed by atoms with Crippen molar-refractivity contribution in [1.29, 1.82) is 0 Å². The Morgan fingerprint density at radius 1 is 1.09 bits per heavy atom. The minimum absolute atomic E-state index is 0.0872. The Balaban J connectivity index is 1.81. The summed E-state index contributed by atoms with van der Waals surface area (Å²) in [4.78, 5) is 12.2. The summed E-state index contributed by atoms with van der Waals surface area (Å²) in [7, 11) is 0. The molecule has 0 aliphatic heterocycles. The molecule has 3 aromatic rings. The first kappa shape index (κ1) is 15.2. The molecule has 0 atom stereocenters. The Labute approximate surface area is 138 Å². The Kier molecular flexibility index (Phi) is 4.12. The first-order chi connectivity index (χ1) is 11.0. The highest BCUT2D eigenvalue weighted by Crippen LogP contribution is 2.22. The van der Waals surface area contributed by atoms with E-state index in [-0.39, 0.29) is 11.8 Å². The van der Waals surface area contributed by atoms with Crippen LogP contribution in [0, 0.1) is 13.8 Å². The molecular weight excluding hydrogens is 314 g/mol. The number of amides is 1. The Hall–Kier alpha value is -2.66. The van der Waals surface area contributed by atoms with E-state index >= 15 is 0 Å². The standard InChI is InChI=1S/C17H14ClN3O2/c1-10-4-3-5-14(11(10)2)19-15(22)17-21-20-16(23-17)12-6-8-13(18)9-7-12/h3-9H,1-2H3,(H,19,22). The van der Waals surface area contributed by atoms with Gasteiger partial charge >= 0.3 is 11.8 Å². The number of anilines is 1. The molecule has 1 heterocycles. The van der Waals surface area contributed by atoms with Crippen LogP contribution in [-0.4, -0.2) is 16.1 Å². The molecule has 0 saturated carbocycles. The molecule has 0 spiro atoms. The lowest BCUT2D eigenvalue weighted by molar-refractivity contribution is 0.0990. The smallest absolute Gasteiger partial charge is 0.313 e. The third-order valence-electron chi connectivity index (χ3n) is 3.56. The highest BCUT2D eigenvalue weighted by atomic mass is 35.5. The van der Waals surface area contributed by atoms with Gasteiger partial charge in [-0.3, -0.25) is 4.79 Å². The van der Waals surface area contributed by atoms with E-state index in [1.54, 1.807) is 24.3 Å². The van der Waals surface area contributed by atoms with Crippen molar-refractivity contribution in [3.8, 4) is 11.5 Å². The van der Waals surface area contributed by atoms with Crippen molar-refractivity contribution >= 4 is 23.2 Å². The Bertz CT molecular complexity index is 857. The summed E-state index contributed by atoms with van der Waals surface area (Å²) >= 11 is 5.84. The summed E-state index contributed by atoms with van der Waals surface area (Å²) in [6.07, 6.45) is 0. The predicted octanol–water partition coefficient (Wildman–Crippen LogP) is 4.26. The van der Waals surface area contributed by atoms with Crippen LogP contribution in [0.25, 0.3) is 11.5 Å². The number of aromatic nitrogens is 2. The Morgan fingerprint density at radius 2 is 1.83 bits per heavy atom. The van der Waals surface area contributed by atoms with E-state index in [1.165, 1.54) is 0 Å². The van der Waals surface area contributed by atoms with Gasteiger partial charge in [0.2, 0.25) is 5.89 Å². The maximum Gasteiger partial charge on any atom is 0.313 e. The van der Waals surface area contributed by atoms with Crippen LogP contribution in [0.3, 0.4) is 0 Å². The predicted molar refractivity (Wildman–Crippen MR) is 88.6 cm³/mol. The molecule has 0 aliphatic rings. The van der Waals surface area contributed by atoms with E-state index in [2.05, 4.69) is 15.5 Å². The largest absolute Gasteiger partial charge is 0.412 e. The van der Waals surface area contributed by atoms with Gasteiger partial charge in [0.1, 0.15) is 0 Å². The van der Waals surface area contributed by atoms with Crippen LogP contribution in [0.2, 0.25) is 5.02 Å². The zero-order chi connectivity index (χ0) is 16.4. The molecule has 0 saturated heterocycles. The van der Waals surface area contributed by atoms with Crippen LogP contribution in [0.1, 0.15) is 21.8 Å². The van der Waals surface area contributed by atoms with Gasteiger partial charge in [-0.25, -0.2) is 0 Å². The number of benzene rings is 2. The molecule has 116 valence electrons. The number of nitrogens with zero attached hydrogens (tertiary/aromatic N) is 2. The molecule has 1 amide bonds. The fourth-order valence-electron chi connectivity index (χ4n) is 2.09. The normalized spacial score (nSPS) is 10.6. The molecule has 0 radical (unpaired) electrons. The minimum Gasteiger partial charge on any atom is -0.412 e. The second kappa shape index (κ2) is 6.22. The number of hydrogen-bond donors (Lipinski definition) is 1. The van der Waals surface area contributed by atoms with Crippen LogP contribution < -0.4 is 5.32 Å². The highest BCUT2D eigenvalue weighted by molar-refractivity contribution is 6.30. The van der Waals surface area contributed by atoms with Gasteiger partial charge in [0.05, 0.1) is 0 Å². The number of carbonyl (C=O) groups is 1. The van der Waals surface area contributed by atoms with E-state index in [4.69, 9.17) is 16.0 Å². The molecule has 3 rings (SSSR count). The molecule has 6 heteroatoms. The maximum atomic E-state index is 12.2. The summed E-state index contributed by atoms with van der Waals surface area (Å²) in [6, 6.07) is 12.6. The van der Waals surface area contributed by atoms with Gasteiger partial charge in [-0.1, -0.05) is 23.7 Å². The molecule has 5 nitrogen and oxygen atoms in total. The van der Waals surface area contributed by atoms with Crippen molar-refractivity contribution in [2.45, 2.75) is 13.8 Å². The van der Waals surface area contributed by atoms with E-state index < -0.39 is 5.91 Å². The molecule has 2 aromatic carbocycles. The van der Waals surface area contributed by atoms with E-state index in [0.29, 0.717) is 10.6 Å². The number of nitrogens with one attached hydrogen (secondary N) is 1. The number of hydrogen-bond acceptors (Lipinski definition) is 4. The molecule has 0 unspecified atom stereocenters. The zero-order valence-corrected chi connectivity index (χ0v) is 13.4. The lowest BCUT2D eigenvalue weighted by atomic mass is 10.1. The molecule has 1 aromatic heterocycles. The van der Waals surface area contributed by atoms with Gasteiger partial charge in [0.15, 0.2) is 0 Å². The lowest BCUT2D eigenvalue weighted by Crippen LogP contribution is -2.13. The summed E-state index contributed by atoms with van der Waals surface area (Å²) < 4.78 is 5.44. The summed E-state index contributed by atoms with van der Waals surface area (Å²) in [5.74, 6) is -0.255. The van der Waals surface area contributed by atoms with E-state index in [9.17, 15) is 4.79 Å². The summed E-state index contributed by atoms with van der Waals surface area (Å²) in [5.41, 5.74) is 3.52. The average Bonchev–Trinajstić information content (AvgIpc) is 3.02. The summed E-state index contributed by atoms with van der Waals surface area (Å²) in [6.45, 7) is 3.92.